The lowest BCUT2D eigenvalue weighted by Gasteiger charge is -2.35. The van der Waals surface area contributed by atoms with Crippen LogP contribution in [0, 0.1) is 6.92 Å². The highest BCUT2D eigenvalue weighted by Gasteiger charge is 2.35. The van der Waals surface area contributed by atoms with E-state index in [0.717, 1.165) is 24.6 Å². The lowest BCUT2D eigenvalue weighted by atomic mass is 9.99. The highest BCUT2D eigenvalue weighted by Crippen LogP contribution is 2.39. The number of carbonyl (C=O) groups excluding carboxylic acids is 2. The van der Waals surface area contributed by atoms with Crippen LogP contribution in [0.2, 0.25) is 0 Å². The number of benzene rings is 2. The highest BCUT2D eigenvalue weighted by molar-refractivity contribution is 5.92. The largest absolute Gasteiger partial charge is 0.459 e. The van der Waals surface area contributed by atoms with E-state index in [1.54, 1.807) is 41.3 Å². The molecule has 1 saturated heterocycles. The molecule has 4 aromatic rings. The first-order valence-electron chi connectivity index (χ1n) is 13.5. The minimum Gasteiger partial charge on any atom is -0.459 e. The highest BCUT2D eigenvalue weighted by atomic mass is 19.4. The Morgan fingerprint density at radius 3 is 2.47 bits per heavy atom. The molecule has 0 spiro atoms. The molecule has 3 N–H and O–H groups in total. The summed E-state index contributed by atoms with van der Waals surface area (Å²) >= 11 is 0. The molecule has 2 aromatic carbocycles. The Morgan fingerprint density at radius 2 is 1.86 bits per heavy atom. The topological polar surface area (TPSA) is 111 Å². The molecule has 1 fully saturated rings. The number of amides is 2. The van der Waals surface area contributed by atoms with Gasteiger partial charge < -0.3 is 25.1 Å². The van der Waals surface area contributed by atoms with Crippen molar-refractivity contribution in [3.63, 3.8) is 0 Å². The number of rotatable bonds is 6. The molecule has 8 nitrogen and oxygen atoms in total. The number of aromatic nitrogens is 1. The summed E-state index contributed by atoms with van der Waals surface area (Å²) < 4.78 is 52.1. The lowest BCUT2D eigenvalue weighted by Crippen LogP contribution is -2.47. The molecule has 0 saturated carbocycles. The Bertz CT molecular complexity index is 1590. The zero-order chi connectivity index (χ0) is 31.2. The van der Waals surface area contributed by atoms with Crippen LogP contribution in [0.1, 0.15) is 36.3 Å². The maximum Gasteiger partial charge on any atom is 0.420 e. The van der Waals surface area contributed by atoms with Crippen LogP contribution in [0.15, 0.2) is 71.3 Å². The van der Waals surface area contributed by atoms with Gasteiger partial charge in [-0.1, -0.05) is 29.8 Å². The van der Waals surface area contributed by atoms with Crippen LogP contribution >= 0.6 is 0 Å². The Hall–Kier alpha value is -4.64. The number of nitrogen functional groups attached to an aromatic ring is 1. The van der Waals surface area contributed by atoms with E-state index in [-0.39, 0.29) is 23.5 Å². The number of pyridine rings is 1. The van der Waals surface area contributed by atoms with E-state index in [1.807, 2.05) is 32.9 Å². The lowest BCUT2D eigenvalue weighted by molar-refractivity contribution is -0.137. The quantitative estimate of drug-likeness (QED) is 0.210. The predicted octanol–water partition coefficient (Wildman–Crippen LogP) is 5.99. The number of fused-ring (bicyclic) bond motifs is 1. The second kappa shape index (κ2) is 13.1. The average Bonchev–Trinajstić information content (AvgIpc) is 3.38. The summed E-state index contributed by atoms with van der Waals surface area (Å²) in [5.74, 6) is 0.154. The number of furan rings is 1. The number of aryl methyl sites for hydroxylation is 1. The van der Waals surface area contributed by atoms with Gasteiger partial charge in [-0.05, 0) is 73.9 Å². The van der Waals surface area contributed by atoms with Crippen molar-refractivity contribution in [2.24, 2.45) is 0 Å². The number of hydrogen-bond acceptors (Lipinski definition) is 6. The fourth-order valence-electron chi connectivity index (χ4n) is 4.48. The minimum absolute atomic E-state index is 0.0605. The summed E-state index contributed by atoms with van der Waals surface area (Å²) in [4.78, 5) is 28.1. The maximum atomic E-state index is 13.7. The van der Waals surface area contributed by atoms with Gasteiger partial charge in [-0.2, -0.15) is 13.2 Å². The number of carbonyl (C=O) groups is 2. The van der Waals surface area contributed by atoms with E-state index < -0.39 is 17.6 Å². The zero-order valence-corrected chi connectivity index (χ0v) is 24.1. The number of nitrogens with two attached hydrogens (primary N) is 1. The molecule has 0 atom stereocenters. The molecule has 226 valence electrons. The molecule has 2 amide bonds. The maximum absolute atomic E-state index is 13.7. The van der Waals surface area contributed by atoms with Gasteiger partial charge in [0.2, 0.25) is 12.3 Å². The van der Waals surface area contributed by atoms with Gasteiger partial charge in [0.1, 0.15) is 17.2 Å². The fraction of sp³-hybridized carbons (Fsp3) is 0.281. The van der Waals surface area contributed by atoms with Gasteiger partial charge in [0, 0.05) is 30.7 Å². The van der Waals surface area contributed by atoms with E-state index in [9.17, 15) is 22.8 Å². The fourth-order valence-corrected chi connectivity index (χ4v) is 4.48. The number of alkyl halides is 3. The van der Waals surface area contributed by atoms with Crippen molar-refractivity contribution >= 4 is 35.2 Å². The van der Waals surface area contributed by atoms with Gasteiger partial charge >= 0.3 is 6.18 Å². The van der Waals surface area contributed by atoms with Crippen molar-refractivity contribution < 1.29 is 31.9 Å². The first-order valence-corrected chi connectivity index (χ1v) is 13.5. The van der Waals surface area contributed by atoms with E-state index in [0.29, 0.717) is 41.0 Å². The van der Waals surface area contributed by atoms with Crippen molar-refractivity contribution in [3.05, 3.63) is 89.3 Å². The van der Waals surface area contributed by atoms with Gasteiger partial charge in [-0.15, -0.1) is 0 Å². The molecule has 0 radical (unpaired) electrons. The molecule has 1 aliphatic heterocycles. The Balaban J connectivity index is 0.000000359. The van der Waals surface area contributed by atoms with Gasteiger partial charge in [-0.25, -0.2) is 4.98 Å². The van der Waals surface area contributed by atoms with E-state index in [2.05, 4.69) is 10.3 Å². The first-order chi connectivity index (χ1) is 20.3. The van der Waals surface area contributed by atoms with Crippen LogP contribution in [0.4, 0.5) is 19.0 Å². The van der Waals surface area contributed by atoms with Gasteiger partial charge in [0.25, 0.3) is 0 Å². The van der Waals surface area contributed by atoms with E-state index in [1.165, 1.54) is 18.3 Å². The second-order valence-corrected chi connectivity index (χ2v) is 10.8. The van der Waals surface area contributed by atoms with Crippen molar-refractivity contribution in [1.29, 1.82) is 0 Å². The van der Waals surface area contributed by atoms with Crippen LogP contribution < -0.4 is 11.1 Å². The summed E-state index contributed by atoms with van der Waals surface area (Å²) in [6.45, 7) is 7.92. The standard InChI is InChI=1S/C25H20F3N3O2.C7H13NO2/c1-15-2-6-17(7-3-15)18-10-19-11-20(33-24(19)21(12-18)25(26,27)28)14-31-23(32)9-5-16-4-8-22(29)30-13-16;1-7(2)5-8(6-9)3-4-10-7/h2-13H,14H2,1H3,(H2,29,30)(H,31,32);6H,3-5H2,1-2H3/b9-5+;. The van der Waals surface area contributed by atoms with Crippen molar-refractivity contribution in [2.75, 3.05) is 25.4 Å². The molecular weight excluding hydrogens is 561 g/mol. The Labute approximate surface area is 247 Å². The van der Waals surface area contributed by atoms with Crippen LogP contribution in [-0.2, 0) is 27.0 Å². The summed E-state index contributed by atoms with van der Waals surface area (Å²) in [6, 6.07) is 14.8. The molecule has 3 heterocycles. The van der Waals surface area contributed by atoms with Crippen molar-refractivity contribution in [3.8, 4) is 11.1 Å². The van der Waals surface area contributed by atoms with Gasteiger partial charge in [0.05, 0.1) is 24.3 Å². The number of halogens is 3. The molecule has 1 aliphatic rings. The molecule has 2 aromatic heterocycles. The molecular formula is C32H33F3N4O4. The monoisotopic (exact) mass is 594 g/mol. The Kier molecular flexibility index (Phi) is 9.55. The van der Waals surface area contributed by atoms with Crippen LogP contribution in [0.3, 0.4) is 0 Å². The third kappa shape index (κ3) is 8.68. The number of hydrogen-bond donors (Lipinski definition) is 2. The van der Waals surface area contributed by atoms with Crippen molar-refractivity contribution in [1.82, 2.24) is 15.2 Å². The normalized spacial score (nSPS) is 14.8. The van der Waals surface area contributed by atoms with Crippen molar-refractivity contribution in [2.45, 2.75) is 39.1 Å². The third-order valence-corrected chi connectivity index (χ3v) is 6.64. The van der Waals surface area contributed by atoms with Gasteiger partial charge in [0.15, 0.2) is 0 Å². The van der Waals surface area contributed by atoms with E-state index in [4.69, 9.17) is 14.9 Å². The van der Waals surface area contributed by atoms with Crippen LogP contribution in [-0.4, -0.2) is 47.5 Å². The second-order valence-electron chi connectivity index (χ2n) is 10.8. The minimum atomic E-state index is -4.59. The number of ether oxygens (including phenoxy) is 1. The number of nitrogens with zero attached hydrogens (tertiary/aromatic N) is 2. The third-order valence-electron chi connectivity index (χ3n) is 6.64. The number of nitrogens with one attached hydrogen (secondary N) is 1. The first kappa shape index (κ1) is 31.3. The summed E-state index contributed by atoms with van der Waals surface area (Å²) in [5, 5.41) is 2.92. The molecule has 5 rings (SSSR count). The van der Waals surface area contributed by atoms with Crippen LogP contribution in [0.25, 0.3) is 28.2 Å². The average molecular weight is 595 g/mol. The number of anilines is 1. The number of morpholine rings is 1. The van der Waals surface area contributed by atoms with E-state index >= 15 is 0 Å². The molecule has 0 unspecified atom stereocenters. The SMILES string of the molecule is CC1(C)CN(C=O)CCO1.Cc1ccc(-c2cc(C(F)(F)F)c3oc(CNC(=O)/C=C/c4ccc(N)nc4)cc3c2)cc1. The molecule has 43 heavy (non-hydrogen) atoms. The summed E-state index contributed by atoms with van der Waals surface area (Å²) in [6.07, 6.45) is 0.655. The molecule has 0 aliphatic carbocycles. The zero-order valence-electron chi connectivity index (χ0n) is 24.1. The Morgan fingerprint density at radius 1 is 1.12 bits per heavy atom. The van der Waals surface area contributed by atoms with Gasteiger partial charge in [-0.3, -0.25) is 9.59 Å². The smallest absolute Gasteiger partial charge is 0.420 e. The summed E-state index contributed by atoms with van der Waals surface area (Å²) in [5.41, 5.74) is 7.05. The van der Waals surface area contributed by atoms with Crippen LogP contribution in [0.5, 0.6) is 0 Å². The molecule has 0 bridgehead atoms. The molecule has 11 heteroatoms. The summed E-state index contributed by atoms with van der Waals surface area (Å²) in [7, 11) is 0. The predicted molar refractivity (Wildman–Crippen MR) is 159 cm³/mol.